The SMILES string of the molecule is CC/C=C(\CCC)c1c(C)cc(C(=O)N(C)C)cc1F. The van der Waals surface area contributed by atoms with Gasteiger partial charge in [-0.1, -0.05) is 26.3 Å². The summed E-state index contributed by atoms with van der Waals surface area (Å²) in [6, 6.07) is 3.13. The van der Waals surface area contributed by atoms with Crippen molar-refractivity contribution in [2.45, 2.75) is 40.0 Å². The lowest BCUT2D eigenvalue weighted by Crippen LogP contribution is -2.22. The number of amides is 1. The van der Waals surface area contributed by atoms with Crippen LogP contribution in [0, 0.1) is 12.7 Å². The molecule has 0 aliphatic rings. The molecule has 0 heterocycles. The van der Waals surface area contributed by atoms with Gasteiger partial charge in [0.15, 0.2) is 0 Å². The first-order valence-electron chi connectivity index (χ1n) is 7.13. The van der Waals surface area contributed by atoms with E-state index < -0.39 is 0 Å². The molecule has 0 fully saturated rings. The summed E-state index contributed by atoms with van der Waals surface area (Å²) in [6.45, 7) is 6.00. The Hall–Kier alpha value is -1.64. The Morgan fingerprint density at radius 1 is 1.30 bits per heavy atom. The standard InChI is InChI=1S/C17H24FNO/c1-6-8-13(9-7-2)16-12(3)10-14(11-15(16)18)17(20)19(4)5/h8,10-11H,6-7,9H2,1-5H3/b13-8+. The van der Waals surface area contributed by atoms with Gasteiger partial charge in [0.2, 0.25) is 0 Å². The lowest BCUT2D eigenvalue weighted by molar-refractivity contribution is 0.0827. The van der Waals surface area contributed by atoms with E-state index in [4.69, 9.17) is 0 Å². The Kier molecular flexibility index (Phi) is 5.93. The van der Waals surface area contributed by atoms with E-state index in [0.29, 0.717) is 11.1 Å². The number of hydrogen-bond donors (Lipinski definition) is 0. The molecule has 0 aromatic heterocycles. The van der Waals surface area contributed by atoms with Gasteiger partial charge in [0.05, 0.1) is 0 Å². The van der Waals surface area contributed by atoms with Gasteiger partial charge in [0, 0.05) is 25.2 Å². The van der Waals surface area contributed by atoms with E-state index in [9.17, 15) is 9.18 Å². The van der Waals surface area contributed by atoms with Crippen LogP contribution in [0.3, 0.4) is 0 Å². The highest BCUT2D eigenvalue weighted by molar-refractivity contribution is 5.94. The van der Waals surface area contributed by atoms with Gasteiger partial charge in [-0.05, 0) is 43.0 Å². The largest absolute Gasteiger partial charge is 0.345 e. The minimum absolute atomic E-state index is 0.171. The minimum Gasteiger partial charge on any atom is -0.345 e. The molecule has 0 saturated carbocycles. The van der Waals surface area contributed by atoms with Crippen LogP contribution in [0.1, 0.15) is 54.6 Å². The van der Waals surface area contributed by atoms with Gasteiger partial charge in [0.1, 0.15) is 5.82 Å². The molecule has 0 radical (unpaired) electrons. The molecule has 20 heavy (non-hydrogen) atoms. The van der Waals surface area contributed by atoms with Crippen LogP contribution in [0.15, 0.2) is 18.2 Å². The van der Waals surface area contributed by atoms with Crippen molar-refractivity contribution in [2.24, 2.45) is 0 Å². The molecule has 0 atom stereocenters. The van der Waals surface area contributed by atoms with Crippen molar-refractivity contribution >= 4 is 11.5 Å². The van der Waals surface area contributed by atoms with E-state index in [2.05, 4.69) is 13.0 Å². The number of benzene rings is 1. The third-order valence-corrected chi connectivity index (χ3v) is 3.23. The molecule has 1 rings (SSSR count). The second kappa shape index (κ2) is 7.22. The number of allylic oxidation sites excluding steroid dienone is 2. The van der Waals surface area contributed by atoms with Crippen LogP contribution in [0.25, 0.3) is 5.57 Å². The summed E-state index contributed by atoms with van der Waals surface area (Å²) < 4.78 is 14.4. The summed E-state index contributed by atoms with van der Waals surface area (Å²) in [5, 5.41) is 0. The number of nitrogens with zero attached hydrogens (tertiary/aromatic N) is 1. The van der Waals surface area contributed by atoms with Crippen molar-refractivity contribution in [3.63, 3.8) is 0 Å². The topological polar surface area (TPSA) is 20.3 Å². The van der Waals surface area contributed by atoms with E-state index in [1.165, 1.54) is 11.0 Å². The summed E-state index contributed by atoms with van der Waals surface area (Å²) in [4.78, 5) is 13.4. The van der Waals surface area contributed by atoms with Crippen LogP contribution < -0.4 is 0 Å². The molecule has 0 N–H and O–H groups in total. The Morgan fingerprint density at radius 2 is 1.95 bits per heavy atom. The lowest BCUT2D eigenvalue weighted by atomic mass is 9.93. The fourth-order valence-electron chi connectivity index (χ4n) is 2.38. The van der Waals surface area contributed by atoms with E-state index in [1.54, 1.807) is 20.2 Å². The van der Waals surface area contributed by atoms with Crippen molar-refractivity contribution in [1.82, 2.24) is 4.90 Å². The first-order chi connectivity index (χ1) is 9.42. The van der Waals surface area contributed by atoms with Crippen molar-refractivity contribution in [2.75, 3.05) is 14.1 Å². The molecule has 0 bridgehead atoms. The molecular formula is C17H24FNO. The molecule has 2 nitrogen and oxygen atoms in total. The fourth-order valence-corrected chi connectivity index (χ4v) is 2.38. The number of rotatable bonds is 5. The van der Waals surface area contributed by atoms with Gasteiger partial charge in [-0.3, -0.25) is 4.79 Å². The number of halogens is 1. The number of aryl methyl sites for hydroxylation is 1. The molecule has 0 saturated heterocycles. The maximum Gasteiger partial charge on any atom is 0.253 e. The van der Waals surface area contributed by atoms with E-state index in [1.807, 2.05) is 13.8 Å². The van der Waals surface area contributed by atoms with E-state index >= 15 is 0 Å². The average Bonchev–Trinajstić information content (AvgIpc) is 2.37. The van der Waals surface area contributed by atoms with Gasteiger partial charge < -0.3 is 4.90 Å². The first kappa shape index (κ1) is 16.4. The maximum absolute atomic E-state index is 14.4. The Labute approximate surface area is 121 Å². The molecule has 110 valence electrons. The Morgan fingerprint density at radius 3 is 2.40 bits per heavy atom. The maximum atomic E-state index is 14.4. The van der Waals surface area contributed by atoms with Crippen molar-refractivity contribution in [3.8, 4) is 0 Å². The zero-order valence-electron chi connectivity index (χ0n) is 13.1. The van der Waals surface area contributed by atoms with Gasteiger partial charge >= 0.3 is 0 Å². The fraction of sp³-hybridized carbons (Fsp3) is 0.471. The highest BCUT2D eigenvalue weighted by Gasteiger charge is 2.16. The smallest absolute Gasteiger partial charge is 0.253 e. The third kappa shape index (κ3) is 3.69. The highest BCUT2D eigenvalue weighted by Crippen LogP contribution is 2.28. The van der Waals surface area contributed by atoms with Gasteiger partial charge in [-0.2, -0.15) is 0 Å². The van der Waals surface area contributed by atoms with E-state index in [0.717, 1.165) is 30.4 Å². The molecule has 0 unspecified atom stereocenters. The first-order valence-corrected chi connectivity index (χ1v) is 7.13. The molecule has 1 aromatic rings. The summed E-state index contributed by atoms with van der Waals surface area (Å²) in [6.07, 6.45) is 4.78. The monoisotopic (exact) mass is 277 g/mol. The zero-order valence-corrected chi connectivity index (χ0v) is 13.1. The normalized spacial score (nSPS) is 11.6. The second-order valence-electron chi connectivity index (χ2n) is 5.24. The van der Waals surface area contributed by atoms with Crippen LogP contribution in [0.2, 0.25) is 0 Å². The van der Waals surface area contributed by atoms with Gasteiger partial charge in [0.25, 0.3) is 5.91 Å². The quantitative estimate of drug-likeness (QED) is 0.779. The second-order valence-corrected chi connectivity index (χ2v) is 5.24. The van der Waals surface area contributed by atoms with Crippen LogP contribution >= 0.6 is 0 Å². The van der Waals surface area contributed by atoms with Crippen LogP contribution in [-0.2, 0) is 0 Å². The molecular weight excluding hydrogens is 253 g/mol. The summed E-state index contributed by atoms with van der Waals surface area (Å²) in [5.74, 6) is -0.474. The number of carbonyl (C=O) groups excluding carboxylic acids is 1. The predicted octanol–water partition coefficient (Wildman–Crippen LogP) is 4.43. The summed E-state index contributed by atoms with van der Waals surface area (Å²) in [5.41, 5.74) is 2.92. The van der Waals surface area contributed by atoms with Crippen LogP contribution in [0.5, 0.6) is 0 Å². The number of carbonyl (C=O) groups is 1. The van der Waals surface area contributed by atoms with Crippen LogP contribution in [-0.4, -0.2) is 24.9 Å². The molecule has 0 spiro atoms. The third-order valence-electron chi connectivity index (χ3n) is 3.23. The Bertz CT molecular complexity index is 495. The van der Waals surface area contributed by atoms with Crippen molar-refractivity contribution < 1.29 is 9.18 Å². The predicted molar refractivity (Wildman–Crippen MR) is 82.3 cm³/mol. The van der Waals surface area contributed by atoms with Crippen molar-refractivity contribution in [3.05, 3.63) is 40.7 Å². The number of hydrogen-bond acceptors (Lipinski definition) is 1. The lowest BCUT2D eigenvalue weighted by Gasteiger charge is -2.15. The zero-order chi connectivity index (χ0) is 15.3. The Balaban J connectivity index is 3.30. The molecule has 0 aliphatic heterocycles. The minimum atomic E-state index is -0.302. The summed E-state index contributed by atoms with van der Waals surface area (Å²) in [7, 11) is 3.34. The van der Waals surface area contributed by atoms with Gasteiger partial charge in [-0.15, -0.1) is 0 Å². The molecule has 3 heteroatoms. The summed E-state index contributed by atoms with van der Waals surface area (Å²) >= 11 is 0. The molecule has 0 aliphatic carbocycles. The molecule has 1 aromatic carbocycles. The van der Waals surface area contributed by atoms with Crippen LogP contribution in [0.4, 0.5) is 4.39 Å². The molecule has 1 amide bonds. The average molecular weight is 277 g/mol. The highest BCUT2D eigenvalue weighted by atomic mass is 19.1. The van der Waals surface area contributed by atoms with Crippen molar-refractivity contribution in [1.29, 1.82) is 0 Å². The van der Waals surface area contributed by atoms with Gasteiger partial charge in [-0.25, -0.2) is 4.39 Å². The van der Waals surface area contributed by atoms with E-state index in [-0.39, 0.29) is 11.7 Å².